The van der Waals surface area contributed by atoms with Crippen molar-refractivity contribution in [2.75, 3.05) is 0 Å². The van der Waals surface area contributed by atoms with Gasteiger partial charge in [0.2, 0.25) is 0 Å². The van der Waals surface area contributed by atoms with E-state index in [-0.39, 0.29) is 0 Å². The molecule has 0 spiro atoms. The Morgan fingerprint density at radius 3 is 1.16 bits per heavy atom. The Morgan fingerprint density at radius 2 is 0.621 bits per heavy atom. The standard InChI is InChI=1S/C54H36N4/c1-6-16-37(17-7-1)44-30-31-49-48(35-44)52(42-24-14-5-15-25-42)58-54(55-49)47-33-45(38-18-8-2-9-19-38)32-46(34-47)39-26-28-43(29-27-39)53-56-50(40-20-10-3-11-21-40)36-51(57-53)41-22-12-4-13-23-41/h1-36H. The summed E-state index contributed by atoms with van der Waals surface area (Å²) in [4.78, 5) is 20.7. The van der Waals surface area contributed by atoms with Crippen LogP contribution in [0.4, 0.5) is 0 Å². The molecule has 0 aliphatic rings. The predicted molar refractivity (Wildman–Crippen MR) is 239 cm³/mol. The number of benzene rings is 8. The molecule has 10 rings (SSSR count). The maximum absolute atomic E-state index is 5.34. The van der Waals surface area contributed by atoms with Crippen LogP contribution in [-0.2, 0) is 0 Å². The molecule has 2 heterocycles. The molecule has 0 atom stereocenters. The molecule has 8 aromatic carbocycles. The first-order valence-corrected chi connectivity index (χ1v) is 19.5. The van der Waals surface area contributed by atoms with Crippen LogP contribution in [0.15, 0.2) is 218 Å². The van der Waals surface area contributed by atoms with Gasteiger partial charge in [0.25, 0.3) is 0 Å². The van der Waals surface area contributed by atoms with Crippen molar-refractivity contribution < 1.29 is 0 Å². The molecule has 0 radical (unpaired) electrons. The number of fused-ring (bicyclic) bond motifs is 1. The highest BCUT2D eigenvalue weighted by Crippen LogP contribution is 2.37. The molecule has 0 fully saturated rings. The number of nitrogens with zero attached hydrogens (tertiary/aromatic N) is 4. The lowest BCUT2D eigenvalue weighted by molar-refractivity contribution is 1.18. The number of rotatable bonds is 8. The van der Waals surface area contributed by atoms with Gasteiger partial charge in [-0.3, -0.25) is 0 Å². The topological polar surface area (TPSA) is 51.6 Å². The zero-order valence-corrected chi connectivity index (χ0v) is 31.6. The highest BCUT2D eigenvalue weighted by molar-refractivity contribution is 5.96. The fraction of sp³-hybridized carbons (Fsp3) is 0. The van der Waals surface area contributed by atoms with Crippen molar-refractivity contribution in [3.05, 3.63) is 218 Å². The monoisotopic (exact) mass is 740 g/mol. The van der Waals surface area contributed by atoms with Crippen molar-refractivity contribution >= 4 is 10.9 Å². The second kappa shape index (κ2) is 15.4. The first-order chi connectivity index (χ1) is 28.7. The predicted octanol–water partition coefficient (Wildman–Crippen LogP) is 13.8. The molecule has 0 unspecified atom stereocenters. The minimum Gasteiger partial charge on any atom is -0.228 e. The number of hydrogen-bond donors (Lipinski definition) is 0. The lowest BCUT2D eigenvalue weighted by Crippen LogP contribution is -1.97. The Morgan fingerprint density at radius 1 is 0.224 bits per heavy atom. The minimum absolute atomic E-state index is 0.675. The zero-order chi connectivity index (χ0) is 38.7. The second-order valence-corrected chi connectivity index (χ2v) is 14.3. The summed E-state index contributed by atoms with van der Waals surface area (Å²) in [5.41, 5.74) is 15.2. The quantitative estimate of drug-likeness (QED) is 0.156. The number of aromatic nitrogens is 4. The molecule has 4 nitrogen and oxygen atoms in total. The Bertz CT molecular complexity index is 2950. The van der Waals surface area contributed by atoms with E-state index >= 15 is 0 Å². The van der Waals surface area contributed by atoms with Crippen LogP contribution in [0.1, 0.15) is 0 Å². The normalized spacial score (nSPS) is 11.1. The highest BCUT2D eigenvalue weighted by Gasteiger charge is 2.16. The van der Waals surface area contributed by atoms with Gasteiger partial charge in [-0.05, 0) is 69.8 Å². The van der Waals surface area contributed by atoms with E-state index in [2.05, 4.69) is 164 Å². The van der Waals surface area contributed by atoms with E-state index in [9.17, 15) is 0 Å². The van der Waals surface area contributed by atoms with Gasteiger partial charge in [-0.25, -0.2) is 19.9 Å². The van der Waals surface area contributed by atoms with Gasteiger partial charge in [-0.2, -0.15) is 0 Å². The van der Waals surface area contributed by atoms with Gasteiger partial charge >= 0.3 is 0 Å². The molecule has 10 aromatic rings. The van der Waals surface area contributed by atoms with Crippen LogP contribution in [-0.4, -0.2) is 19.9 Å². The Kier molecular flexibility index (Phi) is 9.18. The van der Waals surface area contributed by atoms with Gasteiger partial charge in [0.15, 0.2) is 11.6 Å². The van der Waals surface area contributed by atoms with Gasteiger partial charge in [0, 0.05) is 33.2 Å². The van der Waals surface area contributed by atoms with E-state index in [1.54, 1.807) is 0 Å². The van der Waals surface area contributed by atoms with Crippen molar-refractivity contribution in [2.24, 2.45) is 0 Å². The summed E-state index contributed by atoms with van der Waals surface area (Å²) < 4.78 is 0. The Hall–Kier alpha value is -7.82. The summed E-state index contributed by atoms with van der Waals surface area (Å²) >= 11 is 0. The van der Waals surface area contributed by atoms with Crippen LogP contribution in [0, 0.1) is 0 Å². The van der Waals surface area contributed by atoms with E-state index in [4.69, 9.17) is 19.9 Å². The Balaban J connectivity index is 1.09. The van der Waals surface area contributed by atoms with Crippen LogP contribution in [0.25, 0.3) is 101 Å². The largest absolute Gasteiger partial charge is 0.228 e. The molecule has 0 saturated carbocycles. The Labute approximate surface area is 337 Å². The highest BCUT2D eigenvalue weighted by atomic mass is 14.9. The molecule has 4 heteroatoms. The van der Waals surface area contributed by atoms with E-state index in [0.717, 1.165) is 89.2 Å². The summed E-state index contributed by atoms with van der Waals surface area (Å²) in [5, 5.41) is 1.01. The summed E-state index contributed by atoms with van der Waals surface area (Å²) in [6, 6.07) is 75.7. The summed E-state index contributed by atoms with van der Waals surface area (Å²) in [5.74, 6) is 1.35. The first-order valence-electron chi connectivity index (χ1n) is 19.5. The summed E-state index contributed by atoms with van der Waals surface area (Å²) in [6.45, 7) is 0. The zero-order valence-electron chi connectivity index (χ0n) is 31.6. The van der Waals surface area contributed by atoms with Gasteiger partial charge < -0.3 is 0 Å². The molecule has 0 bridgehead atoms. The van der Waals surface area contributed by atoms with Gasteiger partial charge in [0.05, 0.1) is 22.6 Å². The van der Waals surface area contributed by atoms with Crippen molar-refractivity contribution in [3.63, 3.8) is 0 Å². The van der Waals surface area contributed by atoms with E-state index in [0.29, 0.717) is 11.6 Å². The van der Waals surface area contributed by atoms with Crippen molar-refractivity contribution in [1.29, 1.82) is 0 Å². The lowest BCUT2D eigenvalue weighted by atomic mass is 9.95. The molecule has 0 aliphatic carbocycles. The van der Waals surface area contributed by atoms with Crippen LogP contribution in [0.5, 0.6) is 0 Å². The second-order valence-electron chi connectivity index (χ2n) is 14.3. The lowest BCUT2D eigenvalue weighted by Gasteiger charge is -2.14. The number of hydrogen-bond acceptors (Lipinski definition) is 4. The van der Waals surface area contributed by atoms with E-state index < -0.39 is 0 Å². The first kappa shape index (κ1) is 34.7. The van der Waals surface area contributed by atoms with Crippen LogP contribution in [0.3, 0.4) is 0 Å². The third-order valence-electron chi connectivity index (χ3n) is 10.5. The fourth-order valence-electron chi connectivity index (χ4n) is 7.51. The van der Waals surface area contributed by atoms with Gasteiger partial charge in [-0.15, -0.1) is 0 Å². The van der Waals surface area contributed by atoms with Crippen molar-refractivity contribution in [3.8, 4) is 89.9 Å². The SMILES string of the molecule is c1ccc(-c2cc(-c3ccc(-c4nc(-c5ccccc5)cc(-c5ccccc5)n4)cc3)cc(-c3nc(-c4ccccc4)c4cc(-c5ccccc5)ccc4n3)c2)cc1. The molecule has 272 valence electrons. The molecule has 0 saturated heterocycles. The molecule has 2 aromatic heterocycles. The van der Waals surface area contributed by atoms with Crippen LogP contribution in [0.2, 0.25) is 0 Å². The molecule has 0 N–H and O–H groups in total. The van der Waals surface area contributed by atoms with Gasteiger partial charge in [0.1, 0.15) is 0 Å². The van der Waals surface area contributed by atoms with Crippen molar-refractivity contribution in [2.45, 2.75) is 0 Å². The average Bonchev–Trinajstić information content (AvgIpc) is 3.32. The van der Waals surface area contributed by atoms with Crippen molar-refractivity contribution in [1.82, 2.24) is 19.9 Å². The van der Waals surface area contributed by atoms with Crippen LogP contribution >= 0.6 is 0 Å². The van der Waals surface area contributed by atoms with E-state index in [1.807, 2.05) is 54.6 Å². The molecule has 0 aliphatic heterocycles. The van der Waals surface area contributed by atoms with Gasteiger partial charge in [-0.1, -0.05) is 182 Å². The van der Waals surface area contributed by atoms with E-state index in [1.165, 1.54) is 0 Å². The third kappa shape index (κ3) is 7.07. The third-order valence-corrected chi connectivity index (χ3v) is 10.5. The summed E-state index contributed by atoms with van der Waals surface area (Å²) in [7, 11) is 0. The molecule has 58 heavy (non-hydrogen) atoms. The fourth-order valence-corrected chi connectivity index (χ4v) is 7.51. The maximum atomic E-state index is 5.34. The summed E-state index contributed by atoms with van der Waals surface area (Å²) in [6.07, 6.45) is 0. The molecular formula is C54H36N4. The smallest absolute Gasteiger partial charge is 0.160 e. The minimum atomic E-state index is 0.675. The maximum Gasteiger partial charge on any atom is 0.160 e. The molecular weight excluding hydrogens is 705 g/mol. The average molecular weight is 741 g/mol. The molecule has 0 amide bonds. The van der Waals surface area contributed by atoms with Crippen LogP contribution < -0.4 is 0 Å².